The molecule has 0 saturated heterocycles. The van der Waals surface area contributed by atoms with Gasteiger partial charge in [0.1, 0.15) is 0 Å². The van der Waals surface area contributed by atoms with E-state index in [1.807, 2.05) is 60.0 Å². The van der Waals surface area contributed by atoms with E-state index in [4.69, 9.17) is 0 Å². The maximum absolute atomic E-state index is 12.4. The molecule has 1 amide bonds. The first-order valence-corrected chi connectivity index (χ1v) is 10.7. The van der Waals surface area contributed by atoms with Gasteiger partial charge in [0, 0.05) is 26.8 Å². The van der Waals surface area contributed by atoms with Crippen LogP contribution in [0.25, 0.3) is 11.3 Å². The first kappa shape index (κ1) is 19.4. The summed E-state index contributed by atoms with van der Waals surface area (Å²) in [5.74, 6) is -0.150. The molecule has 144 valence electrons. The Bertz CT molecular complexity index is 1150. The van der Waals surface area contributed by atoms with E-state index in [1.165, 1.54) is 5.56 Å². The van der Waals surface area contributed by atoms with Gasteiger partial charge in [0.25, 0.3) is 5.91 Å². The average molecular weight is 464 g/mol. The molecular weight excluding hydrogens is 446 g/mol. The van der Waals surface area contributed by atoms with E-state index >= 15 is 0 Å². The van der Waals surface area contributed by atoms with Crippen LogP contribution in [0.1, 0.15) is 15.9 Å². The zero-order valence-corrected chi connectivity index (χ0v) is 18.0. The van der Waals surface area contributed by atoms with Crippen molar-refractivity contribution in [2.75, 3.05) is 10.6 Å². The van der Waals surface area contributed by atoms with Gasteiger partial charge >= 0.3 is 0 Å². The van der Waals surface area contributed by atoms with Gasteiger partial charge in [0.15, 0.2) is 5.13 Å². The monoisotopic (exact) mass is 463 g/mol. The molecule has 0 saturated carbocycles. The van der Waals surface area contributed by atoms with E-state index in [1.54, 1.807) is 17.4 Å². The molecule has 1 heterocycles. The Labute approximate surface area is 181 Å². The topological polar surface area (TPSA) is 54.0 Å². The number of carbonyl (C=O) groups is 1. The number of amides is 1. The highest BCUT2D eigenvalue weighted by Gasteiger charge is 2.10. The first-order valence-electron chi connectivity index (χ1n) is 9.04. The average Bonchev–Trinajstić information content (AvgIpc) is 3.17. The van der Waals surface area contributed by atoms with E-state index in [9.17, 15) is 4.79 Å². The summed E-state index contributed by atoms with van der Waals surface area (Å²) in [6.45, 7) is 2.06. The van der Waals surface area contributed by atoms with Crippen molar-refractivity contribution in [3.05, 3.63) is 93.8 Å². The summed E-state index contributed by atoms with van der Waals surface area (Å²) >= 11 is 4.97. The summed E-state index contributed by atoms with van der Waals surface area (Å²) in [6.07, 6.45) is 0. The molecule has 0 spiro atoms. The van der Waals surface area contributed by atoms with Gasteiger partial charge in [0.05, 0.1) is 11.3 Å². The number of aryl methyl sites for hydroxylation is 1. The third-order valence-corrected chi connectivity index (χ3v) is 5.78. The van der Waals surface area contributed by atoms with Crippen molar-refractivity contribution in [2.45, 2.75) is 6.92 Å². The molecule has 6 heteroatoms. The van der Waals surface area contributed by atoms with Crippen molar-refractivity contribution in [1.82, 2.24) is 4.98 Å². The lowest BCUT2D eigenvalue weighted by Crippen LogP contribution is -2.12. The van der Waals surface area contributed by atoms with Crippen LogP contribution >= 0.6 is 27.3 Å². The molecule has 4 nitrogen and oxygen atoms in total. The van der Waals surface area contributed by atoms with Crippen LogP contribution in [0.15, 0.2) is 82.6 Å². The van der Waals surface area contributed by atoms with E-state index in [0.717, 1.165) is 32.2 Å². The van der Waals surface area contributed by atoms with Gasteiger partial charge in [-0.05, 0) is 64.8 Å². The standard InChI is InChI=1S/C23H18BrN3OS/c1-15-5-4-6-18(13-15)26-23-27-21(14-29-23)16-9-11-17(12-10-16)25-22(28)19-7-2-3-8-20(19)24/h2-14H,1H3,(H,25,28)(H,26,27). The molecule has 0 aliphatic carbocycles. The second-order valence-electron chi connectivity index (χ2n) is 6.54. The quantitative estimate of drug-likeness (QED) is 0.339. The smallest absolute Gasteiger partial charge is 0.256 e. The molecular formula is C23H18BrN3OS. The van der Waals surface area contributed by atoms with E-state index in [2.05, 4.69) is 50.6 Å². The number of aromatic nitrogens is 1. The number of rotatable bonds is 5. The predicted molar refractivity (Wildman–Crippen MR) is 124 cm³/mol. The van der Waals surface area contributed by atoms with Crippen molar-refractivity contribution in [3.63, 3.8) is 0 Å². The molecule has 2 N–H and O–H groups in total. The highest BCUT2D eigenvalue weighted by atomic mass is 79.9. The Kier molecular flexibility index (Phi) is 5.74. The summed E-state index contributed by atoms with van der Waals surface area (Å²) in [4.78, 5) is 17.1. The molecule has 1 aromatic heterocycles. The number of benzene rings is 3. The Morgan fingerprint density at radius 1 is 0.966 bits per heavy atom. The molecule has 0 aliphatic heterocycles. The summed E-state index contributed by atoms with van der Waals surface area (Å²) in [5, 5.41) is 9.13. The fraction of sp³-hybridized carbons (Fsp3) is 0.0435. The van der Waals surface area contributed by atoms with Gasteiger partial charge in [-0.2, -0.15) is 0 Å². The molecule has 0 atom stereocenters. The van der Waals surface area contributed by atoms with Gasteiger partial charge in [-0.3, -0.25) is 4.79 Å². The van der Waals surface area contributed by atoms with Crippen molar-refractivity contribution < 1.29 is 4.79 Å². The lowest BCUT2D eigenvalue weighted by Gasteiger charge is -2.07. The Hall–Kier alpha value is -2.96. The van der Waals surface area contributed by atoms with Crippen molar-refractivity contribution in [3.8, 4) is 11.3 Å². The summed E-state index contributed by atoms with van der Waals surface area (Å²) < 4.78 is 0.769. The minimum atomic E-state index is -0.150. The van der Waals surface area contributed by atoms with Gasteiger partial charge in [-0.25, -0.2) is 4.98 Å². The Morgan fingerprint density at radius 3 is 2.52 bits per heavy atom. The number of halogens is 1. The predicted octanol–water partition coefficient (Wildman–Crippen LogP) is 6.88. The molecule has 4 rings (SSSR count). The zero-order valence-electron chi connectivity index (χ0n) is 15.6. The van der Waals surface area contributed by atoms with E-state index in [-0.39, 0.29) is 5.91 Å². The number of carbonyl (C=O) groups excluding carboxylic acids is 1. The lowest BCUT2D eigenvalue weighted by atomic mass is 10.1. The van der Waals surface area contributed by atoms with Crippen molar-refractivity contribution in [2.24, 2.45) is 0 Å². The fourth-order valence-electron chi connectivity index (χ4n) is 2.88. The number of thiazole rings is 1. The SMILES string of the molecule is Cc1cccc(Nc2nc(-c3ccc(NC(=O)c4ccccc4Br)cc3)cs2)c1. The normalized spacial score (nSPS) is 10.6. The van der Waals surface area contributed by atoms with Crippen LogP contribution in [0, 0.1) is 6.92 Å². The highest BCUT2D eigenvalue weighted by Crippen LogP contribution is 2.28. The largest absolute Gasteiger partial charge is 0.332 e. The molecule has 0 unspecified atom stereocenters. The third-order valence-electron chi connectivity index (χ3n) is 4.33. The van der Waals surface area contributed by atoms with Crippen LogP contribution < -0.4 is 10.6 Å². The Balaban J connectivity index is 1.45. The Morgan fingerprint density at radius 2 is 1.76 bits per heavy atom. The highest BCUT2D eigenvalue weighted by molar-refractivity contribution is 9.10. The molecule has 29 heavy (non-hydrogen) atoms. The molecule has 3 aromatic carbocycles. The van der Waals surface area contributed by atoms with Crippen LogP contribution in [-0.4, -0.2) is 10.9 Å². The lowest BCUT2D eigenvalue weighted by molar-refractivity contribution is 0.102. The van der Waals surface area contributed by atoms with Crippen LogP contribution in [0.2, 0.25) is 0 Å². The summed E-state index contributed by atoms with van der Waals surface area (Å²) in [6, 6.07) is 23.2. The minimum absolute atomic E-state index is 0.150. The van der Waals surface area contributed by atoms with Crippen molar-refractivity contribution in [1.29, 1.82) is 0 Å². The number of anilines is 3. The number of hydrogen-bond donors (Lipinski definition) is 2. The third kappa shape index (κ3) is 4.72. The number of nitrogens with zero attached hydrogens (tertiary/aromatic N) is 1. The van der Waals surface area contributed by atoms with Crippen LogP contribution in [0.3, 0.4) is 0 Å². The van der Waals surface area contributed by atoms with Gasteiger partial charge in [-0.15, -0.1) is 11.3 Å². The van der Waals surface area contributed by atoms with Gasteiger partial charge in [0.2, 0.25) is 0 Å². The van der Waals surface area contributed by atoms with Gasteiger partial charge in [-0.1, -0.05) is 36.4 Å². The maximum Gasteiger partial charge on any atom is 0.256 e. The molecule has 0 radical (unpaired) electrons. The van der Waals surface area contributed by atoms with Crippen LogP contribution in [-0.2, 0) is 0 Å². The molecule has 0 bridgehead atoms. The number of nitrogens with one attached hydrogen (secondary N) is 2. The van der Waals surface area contributed by atoms with E-state index in [0.29, 0.717) is 5.56 Å². The summed E-state index contributed by atoms with van der Waals surface area (Å²) in [7, 11) is 0. The first-order chi connectivity index (χ1) is 14.1. The fourth-order valence-corrected chi connectivity index (χ4v) is 4.08. The van der Waals surface area contributed by atoms with Gasteiger partial charge < -0.3 is 10.6 Å². The number of hydrogen-bond acceptors (Lipinski definition) is 4. The molecule has 0 aliphatic rings. The molecule has 0 fully saturated rings. The second-order valence-corrected chi connectivity index (χ2v) is 8.26. The van der Waals surface area contributed by atoms with Crippen LogP contribution in [0.4, 0.5) is 16.5 Å². The minimum Gasteiger partial charge on any atom is -0.332 e. The van der Waals surface area contributed by atoms with Crippen molar-refractivity contribution >= 4 is 49.7 Å². The van der Waals surface area contributed by atoms with Crippen LogP contribution in [0.5, 0.6) is 0 Å². The second kappa shape index (κ2) is 8.59. The summed E-state index contributed by atoms with van der Waals surface area (Å²) in [5.41, 5.74) is 5.46. The van der Waals surface area contributed by atoms with E-state index < -0.39 is 0 Å². The molecule has 4 aromatic rings. The maximum atomic E-state index is 12.4. The zero-order chi connectivity index (χ0) is 20.2.